The molecular formula is C9H16N4O. The average Bonchev–Trinajstić information content (AvgIpc) is 2.75. The minimum absolute atomic E-state index is 0.00426. The largest absolute Gasteiger partial charge is 0.381 e. The Morgan fingerprint density at radius 2 is 2.64 bits per heavy atom. The van der Waals surface area contributed by atoms with Crippen LogP contribution in [-0.4, -0.2) is 28.2 Å². The number of nitrogens with two attached hydrogens (primary N) is 1. The summed E-state index contributed by atoms with van der Waals surface area (Å²) in [6, 6.07) is -0.00426. The van der Waals surface area contributed by atoms with Crippen molar-refractivity contribution in [2.24, 2.45) is 18.7 Å². The monoisotopic (exact) mass is 196 g/mol. The normalized spacial score (nSPS) is 24.0. The smallest absolute Gasteiger partial charge is 0.0994 e. The Kier molecular flexibility index (Phi) is 2.79. The molecule has 78 valence electrons. The molecule has 2 atom stereocenters. The first-order valence-corrected chi connectivity index (χ1v) is 4.95. The van der Waals surface area contributed by atoms with Crippen LogP contribution >= 0.6 is 0 Å². The first kappa shape index (κ1) is 9.61. The van der Waals surface area contributed by atoms with Crippen LogP contribution in [0.5, 0.6) is 0 Å². The number of hydrogen-bond acceptors (Lipinski definition) is 4. The van der Waals surface area contributed by atoms with E-state index in [1.54, 1.807) is 4.68 Å². The second kappa shape index (κ2) is 4.06. The van der Waals surface area contributed by atoms with Gasteiger partial charge in [0.05, 0.1) is 11.7 Å². The van der Waals surface area contributed by atoms with Crippen molar-refractivity contribution in [2.45, 2.75) is 18.9 Å². The van der Waals surface area contributed by atoms with Gasteiger partial charge >= 0.3 is 0 Å². The minimum atomic E-state index is -0.00426. The number of rotatable bonds is 3. The molecule has 1 aromatic heterocycles. The van der Waals surface area contributed by atoms with Crippen molar-refractivity contribution < 1.29 is 4.74 Å². The lowest BCUT2D eigenvalue weighted by Crippen LogP contribution is -2.16. The van der Waals surface area contributed by atoms with Gasteiger partial charge in [0.15, 0.2) is 0 Å². The standard InChI is InChI=1S/C9H16N4O/c1-13-5-9(11-12-13)8(10)4-7-2-3-14-6-7/h5,7-8H,2-4,6,10H2,1H3. The predicted molar refractivity (Wildman–Crippen MR) is 51.5 cm³/mol. The Morgan fingerprint density at radius 1 is 1.79 bits per heavy atom. The van der Waals surface area contributed by atoms with Gasteiger partial charge in [0, 0.05) is 26.5 Å². The predicted octanol–water partition coefficient (Wildman–Crippen LogP) is 0.241. The highest BCUT2D eigenvalue weighted by Gasteiger charge is 2.20. The van der Waals surface area contributed by atoms with E-state index < -0.39 is 0 Å². The summed E-state index contributed by atoms with van der Waals surface area (Å²) in [4.78, 5) is 0. The van der Waals surface area contributed by atoms with Gasteiger partial charge in [-0.1, -0.05) is 5.21 Å². The van der Waals surface area contributed by atoms with Crippen molar-refractivity contribution in [1.29, 1.82) is 0 Å². The molecule has 2 heterocycles. The second-order valence-corrected chi connectivity index (χ2v) is 3.89. The molecule has 2 unspecified atom stereocenters. The zero-order chi connectivity index (χ0) is 9.97. The van der Waals surface area contributed by atoms with E-state index >= 15 is 0 Å². The van der Waals surface area contributed by atoms with E-state index in [0.29, 0.717) is 5.92 Å². The molecule has 0 radical (unpaired) electrons. The van der Waals surface area contributed by atoms with Gasteiger partial charge in [0.2, 0.25) is 0 Å². The van der Waals surface area contributed by atoms with Gasteiger partial charge in [-0.15, -0.1) is 5.10 Å². The molecule has 0 saturated carbocycles. The van der Waals surface area contributed by atoms with E-state index in [1.165, 1.54) is 0 Å². The highest BCUT2D eigenvalue weighted by Crippen LogP contribution is 2.23. The van der Waals surface area contributed by atoms with E-state index in [0.717, 1.165) is 31.7 Å². The molecule has 2 rings (SSSR count). The zero-order valence-electron chi connectivity index (χ0n) is 8.39. The molecule has 1 aliphatic heterocycles. The van der Waals surface area contributed by atoms with Gasteiger partial charge in [0.1, 0.15) is 0 Å². The molecule has 0 amide bonds. The molecule has 1 aliphatic rings. The Hall–Kier alpha value is -0.940. The maximum absolute atomic E-state index is 6.02. The topological polar surface area (TPSA) is 66.0 Å². The van der Waals surface area contributed by atoms with Crippen LogP contribution in [-0.2, 0) is 11.8 Å². The molecule has 5 nitrogen and oxygen atoms in total. The summed E-state index contributed by atoms with van der Waals surface area (Å²) in [6.07, 6.45) is 3.94. The summed E-state index contributed by atoms with van der Waals surface area (Å²) >= 11 is 0. The second-order valence-electron chi connectivity index (χ2n) is 3.89. The van der Waals surface area contributed by atoms with Crippen LogP contribution in [0.2, 0.25) is 0 Å². The molecule has 1 fully saturated rings. The van der Waals surface area contributed by atoms with Gasteiger partial charge in [0.25, 0.3) is 0 Å². The highest BCUT2D eigenvalue weighted by atomic mass is 16.5. The minimum Gasteiger partial charge on any atom is -0.381 e. The third-order valence-electron chi connectivity index (χ3n) is 2.61. The molecular weight excluding hydrogens is 180 g/mol. The SMILES string of the molecule is Cn1cc(C(N)CC2CCOC2)nn1. The lowest BCUT2D eigenvalue weighted by molar-refractivity contribution is 0.182. The Balaban J connectivity index is 1.91. The maximum atomic E-state index is 6.02. The van der Waals surface area contributed by atoms with Crippen LogP contribution in [0.4, 0.5) is 0 Å². The fourth-order valence-electron chi connectivity index (χ4n) is 1.78. The fourth-order valence-corrected chi connectivity index (χ4v) is 1.78. The van der Waals surface area contributed by atoms with E-state index in [2.05, 4.69) is 10.3 Å². The number of aromatic nitrogens is 3. The first-order chi connectivity index (χ1) is 6.75. The molecule has 14 heavy (non-hydrogen) atoms. The lowest BCUT2D eigenvalue weighted by Gasteiger charge is -2.12. The van der Waals surface area contributed by atoms with Crippen molar-refractivity contribution >= 4 is 0 Å². The summed E-state index contributed by atoms with van der Waals surface area (Å²) < 4.78 is 6.98. The summed E-state index contributed by atoms with van der Waals surface area (Å²) in [5, 5.41) is 7.87. The van der Waals surface area contributed by atoms with Gasteiger partial charge in [-0.3, -0.25) is 4.68 Å². The number of ether oxygens (including phenoxy) is 1. The molecule has 0 spiro atoms. The van der Waals surface area contributed by atoms with Gasteiger partial charge in [-0.05, 0) is 18.8 Å². The highest BCUT2D eigenvalue weighted by molar-refractivity contribution is 4.99. The Labute approximate surface area is 83.2 Å². The molecule has 5 heteroatoms. The Morgan fingerprint density at radius 3 is 3.21 bits per heavy atom. The molecule has 1 aromatic rings. The number of nitrogens with zero attached hydrogens (tertiary/aromatic N) is 3. The summed E-state index contributed by atoms with van der Waals surface area (Å²) in [5.74, 6) is 0.590. The van der Waals surface area contributed by atoms with Crippen LogP contribution < -0.4 is 5.73 Å². The van der Waals surface area contributed by atoms with E-state index in [9.17, 15) is 0 Å². The van der Waals surface area contributed by atoms with Gasteiger partial charge in [-0.25, -0.2) is 0 Å². The molecule has 0 aromatic carbocycles. The van der Waals surface area contributed by atoms with Crippen LogP contribution in [0.3, 0.4) is 0 Å². The third kappa shape index (κ3) is 2.10. The van der Waals surface area contributed by atoms with Crippen molar-refractivity contribution in [3.05, 3.63) is 11.9 Å². The van der Waals surface area contributed by atoms with E-state index in [1.807, 2.05) is 13.2 Å². The van der Waals surface area contributed by atoms with Crippen molar-refractivity contribution in [2.75, 3.05) is 13.2 Å². The van der Waals surface area contributed by atoms with E-state index in [-0.39, 0.29) is 6.04 Å². The summed E-state index contributed by atoms with van der Waals surface area (Å²) in [5.41, 5.74) is 6.89. The van der Waals surface area contributed by atoms with Crippen LogP contribution in [0.15, 0.2) is 6.20 Å². The first-order valence-electron chi connectivity index (χ1n) is 4.95. The molecule has 0 bridgehead atoms. The van der Waals surface area contributed by atoms with Crippen LogP contribution in [0.1, 0.15) is 24.6 Å². The lowest BCUT2D eigenvalue weighted by atomic mass is 9.98. The van der Waals surface area contributed by atoms with Crippen LogP contribution in [0, 0.1) is 5.92 Å². The molecule has 0 aliphatic carbocycles. The average molecular weight is 196 g/mol. The summed E-state index contributed by atoms with van der Waals surface area (Å²) in [7, 11) is 1.85. The maximum Gasteiger partial charge on any atom is 0.0994 e. The molecule has 2 N–H and O–H groups in total. The van der Waals surface area contributed by atoms with Crippen molar-refractivity contribution in [3.63, 3.8) is 0 Å². The van der Waals surface area contributed by atoms with Gasteiger partial charge < -0.3 is 10.5 Å². The zero-order valence-corrected chi connectivity index (χ0v) is 8.39. The fraction of sp³-hybridized carbons (Fsp3) is 0.778. The quantitative estimate of drug-likeness (QED) is 0.752. The Bertz CT molecular complexity index is 293. The van der Waals surface area contributed by atoms with Crippen molar-refractivity contribution in [1.82, 2.24) is 15.0 Å². The van der Waals surface area contributed by atoms with E-state index in [4.69, 9.17) is 10.5 Å². The summed E-state index contributed by atoms with van der Waals surface area (Å²) in [6.45, 7) is 1.71. The number of hydrogen-bond donors (Lipinski definition) is 1. The van der Waals surface area contributed by atoms with Gasteiger partial charge in [-0.2, -0.15) is 0 Å². The van der Waals surface area contributed by atoms with Crippen LogP contribution in [0.25, 0.3) is 0 Å². The van der Waals surface area contributed by atoms with Crippen molar-refractivity contribution in [3.8, 4) is 0 Å². The number of aryl methyl sites for hydroxylation is 1. The molecule has 1 saturated heterocycles. The third-order valence-corrected chi connectivity index (χ3v) is 2.61.